The highest BCUT2D eigenvalue weighted by Gasteiger charge is 2.30. The van der Waals surface area contributed by atoms with Crippen LogP contribution < -0.4 is 15.2 Å². The van der Waals surface area contributed by atoms with E-state index in [0.717, 1.165) is 29.0 Å². The third-order valence-corrected chi connectivity index (χ3v) is 5.05. The number of aromatic nitrogens is 2. The molecule has 0 saturated carbocycles. The van der Waals surface area contributed by atoms with Gasteiger partial charge in [-0.15, -0.1) is 0 Å². The van der Waals surface area contributed by atoms with Crippen LogP contribution >= 0.6 is 0 Å². The van der Waals surface area contributed by atoms with Crippen molar-refractivity contribution in [2.45, 2.75) is 25.9 Å². The molecule has 6 heteroatoms. The van der Waals surface area contributed by atoms with Gasteiger partial charge in [-0.3, -0.25) is 14.2 Å². The van der Waals surface area contributed by atoms with Gasteiger partial charge < -0.3 is 9.64 Å². The van der Waals surface area contributed by atoms with Crippen LogP contribution in [0.1, 0.15) is 12.5 Å². The molecule has 4 rings (SSSR count). The molecule has 0 aliphatic carbocycles. The van der Waals surface area contributed by atoms with E-state index in [1.54, 1.807) is 12.0 Å². The van der Waals surface area contributed by atoms with Crippen LogP contribution in [0.5, 0.6) is 5.75 Å². The van der Waals surface area contributed by atoms with Gasteiger partial charge in [0.25, 0.3) is 5.56 Å². The Hall–Kier alpha value is -3.41. The summed E-state index contributed by atoms with van der Waals surface area (Å²) in [4.78, 5) is 31.6. The van der Waals surface area contributed by atoms with E-state index in [9.17, 15) is 9.59 Å². The van der Waals surface area contributed by atoms with Crippen molar-refractivity contribution in [1.82, 2.24) is 9.55 Å². The molecule has 0 fully saturated rings. The fraction of sp³-hybridized carbons (Fsp3) is 0.227. The van der Waals surface area contributed by atoms with Crippen molar-refractivity contribution in [1.29, 1.82) is 0 Å². The van der Waals surface area contributed by atoms with E-state index in [1.807, 2.05) is 55.5 Å². The minimum absolute atomic E-state index is 0.0343. The Morgan fingerprint density at radius 2 is 1.93 bits per heavy atom. The number of carbonyl (C=O) groups is 1. The molecule has 3 aromatic rings. The molecular weight excluding hydrogens is 354 g/mol. The predicted octanol–water partition coefficient (Wildman–Crippen LogP) is 2.90. The number of carbonyl (C=O) groups excluding carboxylic acids is 1. The zero-order chi connectivity index (χ0) is 19.7. The maximum atomic E-state index is 12.9. The number of methoxy groups -OCH3 is 1. The molecule has 6 nitrogen and oxygen atoms in total. The van der Waals surface area contributed by atoms with Crippen molar-refractivity contribution >= 4 is 11.6 Å². The summed E-state index contributed by atoms with van der Waals surface area (Å²) in [5, 5.41) is 0. The maximum absolute atomic E-state index is 12.9. The number of nitrogens with zero attached hydrogens (tertiary/aromatic N) is 3. The molecule has 0 N–H and O–H groups in total. The van der Waals surface area contributed by atoms with Gasteiger partial charge in [0.2, 0.25) is 5.91 Å². The number of amides is 1. The van der Waals surface area contributed by atoms with Crippen LogP contribution in [0.15, 0.2) is 65.7 Å². The Labute approximate surface area is 163 Å². The smallest absolute Gasteiger partial charge is 0.254 e. The van der Waals surface area contributed by atoms with Crippen molar-refractivity contribution in [3.05, 3.63) is 76.8 Å². The molecule has 0 spiro atoms. The van der Waals surface area contributed by atoms with Gasteiger partial charge >= 0.3 is 0 Å². The minimum Gasteiger partial charge on any atom is -0.497 e. The second kappa shape index (κ2) is 7.31. The van der Waals surface area contributed by atoms with Gasteiger partial charge in [0.1, 0.15) is 12.3 Å². The maximum Gasteiger partial charge on any atom is 0.254 e. The summed E-state index contributed by atoms with van der Waals surface area (Å²) in [5.41, 5.74) is 3.21. The highest BCUT2D eigenvalue weighted by molar-refractivity contribution is 5.96. The highest BCUT2D eigenvalue weighted by Crippen LogP contribution is 2.31. The number of anilines is 1. The number of hydrogen-bond donors (Lipinski definition) is 0. The molecular formula is C22H21N3O3. The molecule has 1 aliphatic rings. The predicted molar refractivity (Wildman–Crippen MR) is 108 cm³/mol. The van der Waals surface area contributed by atoms with Gasteiger partial charge in [-0.1, -0.05) is 18.2 Å². The fourth-order valence-corrected chi connectivity index (χ4v) is 3.63. The van der Waals surface area contributed by atoms with Crippen LogP contribution in [0.25, 0.3) is 11.3 Å². The fourth-order valence-electron chi connectivity index (χ4n) is 3.63. The number of hydrogen-bond acceptors (Lipinski definition) is 4. The van der Waals surface area contributed by atoms with Crippen LogP contribution in [0.4, 0.5) is 5.69 Å². The Balaban J connectivity index is 1.55. The Morgan fingerprint density at radius 1 is 1.18 bits per heavy atom. The molecule has 0 saturated heterocycles. The molecule has 1 atom stereocenters. The lowest BCUT2D eigenvalue weighted by atomic mass is 10.1. The van der Waals surface area contributed by atoms with Crippen molar-refractivity contribution in [2.75, 3.05) is 12.0 Å². The summed E-state index contributed by atoms with van der Waals surface area (Å²) < 4.78 is 6.50. The summed E-state index contributed by atoms with van der Waals surface area (Å²) in [6.45, 7) is 1.99. The molecule has 142 valence electrons. The van der Waals surface area contributed by atoms with E-state index in [2.05, 4.69) is 4.98 Å². The summed E-state index contributed by atoms with van der Waals surface area (Å²) in [6, 6.07) is 16.7. The monoisotopic (exact) mass is 375 g/mol. The summed E-state index contributed by atoms with van der Waals surface area (Å²) >= 11 is 0. The van der Waals surface area contributed by atoms with Gasteiger partial charge in [-0.25, -0.2) is 4.98 Å². The number of benzene rings is 2. The first-order chi connectivity index (χ1) is 13.6. The van der Waals surface area contributed by atoms with Crippen LogP contribution in [0.3, 0.4) is 0 Å². The highest BCUT2D eigenvalue weighted by atomic mass is 16.5. The van der Waals surface area contributed by atoms with Crippen molar-refractivity contribution in [3.63, 3.8) is 0 Å². The lowest BCUT2D eigenvalue weighted by Gasteiger charge is -2.23. The van der Waals surface area contributed by atoms with Gasteiger partial charge in [0.05, 0.1) is 19.1 Å². The number of para-hydroxylation sites is 1. The van der Waals surface area contributed by atoms with Crippen LogP contribution in [0, 0.1) is 0 Å². The topological polar surface area (TPSA) is 64.4 Å². The third-order valence-electron chi connectivity index (χ3n) is 5.05. The molecule has 0 bridgehead atoms. The molecule has 2 heterocycles. The minimum atomic E-state index is -0.255. The standard InChI is InChI=1S/C22H21N3O3/c1-15-11-17-5-3-4-6-20(17)25(15)22(27)13-24-14-23-19(12-21(24)26)16-7-9-18(28-2)10-8-16/h3-10,12,14-15H,11,13H2,1-2H3. The van der Waals surface area contributed by atoms with E-state index < -0.39 is 0 Å². The quantitative estimate of drug-likeness (QED) is 0.703. The average molecular weight is 375 g/mol. The van der Waals surface area contributed by atoms with E-state index in [0.29, 0.717) is 5.69 Å². The molecule has 1 aliphatic heterocycles. The first-order valence-electron chi connectivity index (χ1n) is 9.17. The van der Waals surface area contributed by atoms with Gasteiger partial charge in [0, 0.05) is 23.4 Å². The van der Waals surface area contributed by atoms with Crippen LogP contribution in [-0.4, -0.2) is 28.6 Å². The zero-order valence-electron chi connectivity index (χ0n) is 15.8. The summed E-state index contributed by atoms with van der Waals surface area (Å²) in [7, 11) is 1.60. The van der Waals surface area contributed by atoms with E-state index >= 15 is 0 Å². The average Bonchev–Trinajstić information content (AvgIpc) is 3.05. The molecule has 1 unspecified atom stereocenters. The molecule has 1 aromatic heterocycles. The number of rotatable bonds is 4. The SMILES string of the molecule is COc1ccc(-c2cc(=O)n(CC(=O)N3c4ccccc4CC3C)cn2)cc1. The lowest BCUT2D eigenvalue weighted by molar-refractivity contribution is -0.119. The second-order valence-corrected chi connectivity index (χ2v) is 6.91. The Morgan fingerprint density at radius 3 is 2.64 bits per heavy atom. The van der Waals surface area contributed by atoms with Crippen molar-refractivity contribution in [3.8, 4) is 17.0 Å². The lowest BCUT2D eigenvalue weighted by Crippen LogP contribution is -2.39. The van der Waals surface area contributed by atoms with E-state index in [4.69, 9.17) is 4.74 Å². The third kappa shape index (κ3) is 3.29. The first-order valence-corrected chi connectivity index (χ1v) is 9.17. The van der Waals surface area contributed by atoms with E-state index in [-0.39, 0.29) is 24.1 Å². The Kier molecular flexibility index (Phi) is 4.69. The number of ether oxygens (including phenoxy) is 1. The van der Waals surface area contributed by atoms with Crippen LogP contribution in [0.2, 0.25) is 0 Å². The normalized spacial score (nSPS) is 15.4. The van der Waals surface area contributed by atoms with Crippen LogP contribution in [-0.2, 0) is 17.8 Å². The molecule has 0 radical (unpaired) electrons. The summed E-state index contributed by atoms with van der Waals surface area (Å²) in [5.74, 6) is 0.626. The van der Waals surface area contributed by atoms with Gasteiger partial charge in [-0.05, 0) is 49.2 Å². The Bertz CT molecular complexity index is 1070. The molecule has 1 amide bonds. The largest absolute Gasteiger partial charge is 0.497 e. The van der Waals surface area contributed by atoms with E-state index in [1.165, 1.54) is 17.0 Å². The summed E-state index contributed by atoms with van der Waals surface area (Å²) in [6.07, 6.45) is 2.26. The molecule has 2 aromatic carbocycles. The van der Waals surface area contributed by atoms with Crippen molar-refractivity contribution in [2.24, 2.45) is 0 Å². The first kappa shape index (κ1) is 18.0. The number of fused-ring (bicyclic) bond motifs is 1. The van der Waals surface area contributed by atoms with Gasteiger partial charge in [-0.2, -0.15) is 0 Å². The zero-order valence-corrected chi connectivity index (χ0v) is 15.8. The molecule has 28 heavy (non-hydrogen) atoms. The second-order valence-electron chi connectivity index (χ2n) is 6.91. The van der Waals surface area contributed by atoms with Crippen molar-refractivity contribution < 1.29 is 9.53 Å². The van der Waals surface area contributed by atoms with Gasteiger partial charge in [0.15, 0.2) is 0 Å².